The molecule has 0 aliphatic rings. The first-order chi connectivity index (χ1) is 6.88. The summed E-state index contributed by atoms with van der Waals surface area (Å²) in [6.07, 6.45) is -4.24. The van der Waals surface area contributed by atoms with Gasteiger partial charge in [0, 0.05) is 12.6 Å². The molecular formula is C8H11ClF3N3. The minimum atomic E-state index is -4.45. The number of likely N-dealkylation sites (N-methyl/N-ethyl adjacent to an activating group) is 1. The van der Waals surface area contributed by atoms with Gasteiger partial charge in [-0.15, -0.1) is 0 Å². The number of alkyl halides is 3. The van der Waals surface area contributed by atoms with Crippen molar-refractivity contribution in [2.24, 2.45) is 7.05 Å². The molecule has 1 aromatic heterocycles. The summed E-state index contributed by atoms with van der Waals surface area (Å²) in [5.41, 5.74) is -0.855. The Morgan fingerprint density at radius 1 is 1.47 bits per heavy atom. The van der Waals surface area contributed by atoms with Gasteiger partial charge in [0.15, 0.2) is 5.69 Å². The topological polar surface area (TPSA) is 29.9 Å². The lowest BCUT2D eigenvalue weighted by Gasteiger charge is -2.05. The van der Waals surface area contributed by atoms with Crippen LogP contribution in [0.4, 0.5) is 13.2 Å². The first-order valence-electron chi connectivity index (χ1n) is 4.31. The molecule has 0 radical (unpaired) electrons. The van der Waals surface area contributed by atoms with Gasteiger partial charge in [0.2, 0.25) is 0 Å². The number of hydrogen-bond acceptors (Lipinski definition) is 2. The molecule has 0 aliphatic carbocycles. The highest BCUT2D eigenvalue weighted by molar-refractivity contribution is 6.30. The number of hydrogen-bond donors (Lipinski definition) is 1. The van der Waals surface area contributed by atoms with Gasteiger partial charge in [-0.1, -0.05) is 11.6 Å². The first kappa shape index (κ1) is 12.3. The Bertz CT molecular complexity index is 346. The number of nitrogens with one attached hydrogen (secondary N) is 1. The van der Waals surface area contributed by atoms with Gasteiger partial charge in [-0.3, -0.25) is 4.68 Å². The van der Waals surface area contributed by atoms with E-state index in [1.165, 1.54) is 7.05 Å². The summed E-state index contributed by atoms with van der Waals surface area (Å²) < 4.78 is 38.6. The molecule has 1 N–H and O–H groups in total. The smallest absolute Gasteiger partial charge is 0.319 e. The first-order valence-corrected chi connectivity index (χ1v) is 4.69. The molecule has 0 unspecified atom stereocenters. The van der Waals surface area contributed by atoms with Crippen LogP contribution in [0.25, 0.3) is 0 Å². The van der Waals surface area contributed by atoms with E-state index in [9.17, 15) is 13.2 Å². The highest BCUT2D eigenvalue weighted by Gasteiger charge is 2.38. The summed E-state index contributed by atoms with van der Waals surface area (Å²) in [6, 6.07) is 0. The second kappa shape index (κ2) is 4.40. The molecule has 0 atom stereocenters. The summed E-state index contributed by atoms with van der Waals surface area (Å²) in [7, 11) is 3.05. The van der Waals surface area contributed by atoms with Crippen LogP contribution < -0.4 is 5.32 Å². The van der Waals surface area contributed by atoms with Crippen molar-refractivity contribution in [1.82, 2.24) is 15.1 Å². The molecule has 7 heteroatoms. The SMILES string of the molecule is CNCCc1c(C(F)(F)F)nn(C)c1Cl. The van der Waals surface area contributed by atoms with E-state index in [0.717, 1.165) is 4.68 Å². The van der Waals surface area contributed by atoms with Gasteiger partial charge in [0.05, 0.1) is 0 Å². The number of rotatable bonds is 3. The maximum atomic E-state index is 12.5. The van der Waals surface area contributed by atoms with E-state index < -0.39 is 11.9 Å². The maximum absolute atomic E-state index is 12.5. The Morgan fingerprint density at radius 2 is 2.07 bits per heavy atom. The zero-order valence-electron chi connectivity index (χ0n) is 8.32. The van der Waals surface area contributed by atoms with Crippen LogP contribution in [0.3, 0.4) is 0 Å². The van der Waals surface area contributed by atoms with Crippen LogP contribution in [0, 0.1) is 0 Å². The van der Waals surface area contributed by atoms with Gasteiger partial charge in [-0.2, -0.15) is 18.3 Å². The fourth-order valence-corrected chi connectivity index (χ4v) is 1.47. The van der Waals surface area contributed by atoms with E-state index in [0.29, 0.717) is 6.54 Å². The molecule has 0 aliphatic heterocycles. The fourth-order valence-electron chi connectivity index (χ4n) is 1.25. The molecule has 0 fully saturated rings. The normalized spacial score (nSPS) is 12.1. The van der Waals surface area contributed by atoms with E-state index in [1.54, 1.807) is 7.05 Å². The average Bonchev–Trinajstić information content (AvgIpc) is 2.40. The maximum Gasteiger partial charge on any atom is 0.435 e. The van der Waals surface area contributed by atoms with E-state index >= 15 is 0 Å². The van der Waals surface area contributed by atoms with Crippen LogP contribution in [0.1, 0.15) is 11.3 Å². The van der Waals surface area contributed by atoms with Gasteiger partial charge < -0.3 is 5.32 Å². The number of aryl methyl sites for hydroxylation is 1. The van der Waals surface area contributed by atoms with Crippen molar-refractivity contribution in [1.29, 1.82) is 0 Å². The molecule has 1 aromatic rings. The molecule has 0 amide bonds. The second-order valence-corrected chi connectivity index (χ2v) is 3.45. The molecule has 1 heterocycles. The molecule has 0 saturated carbocycles. The van der Waals surface area contributed by atoms with Crippen molar-refractivity contribution in [2.45, 2.75) is 12.6 Å². The Kier molecular flexibility index (Phi) is 3.62. The number of aromatic nitrogens is 2. The van der Waals surface area contributed by atoms with Crippen LogP contribution in [-0.4, -0.2) is 23.4 Å². The molecule has 15 heavy (non-hydrogen) atoms. The lowest BCUT2D eigenvalue weighted by molar-refractivity contribution is -0.142. The zero-order chi connectivity index (χ0) is 11.6. The number of halogens is 4. The summed E-state index contributed by atoms with van der Waals surface area (Å²) in [5, 5.41) is 6.17. The molecule has 0 spiro atoms. The fraction of sp³-hybridized carbons (Fsp3) is 0.625. The Labute approximate surface area is 90.2 Å². The molecule has 0 aromatic carbocycles. The van der Waals surface area contributed by atoms with Crippen LogP contribution in [0.5, 0.6) is 0 Å². The summed E-state index contributed by atoms with van der Waals surface area (Å²) >= 11 is 5.73. The third-order valence-corrected chi connectivity index (χ3v) is 2.44. The molecule has 0 bridgehead atoms. The van der Waals surface area contributed by atoms with Crippen molar-refractivity contribution in [3.05, 3.63) is 16.4 Å². The van der Waals surface area contributed by atoms with Gasteiger partial charge in [0.1, 0.15) is 5.15 Å². The zero-order valence-corrected chi connectivity index (χ0v) is 9.08. The van der Waals surface area contributed by atoms with Gasteiger partial charge in [-0.05, 0) is 20.0 Å². The minimum absolute atomic E-state index is 0.0394. The standard InChI is InChI=1S/C8H11ClF3N3/c1-13-4-3-5-6(8(10,11)12)14-15(2)7(5)9/h13H,3-4H2,1-2H3. The van der Waals surface area contributed by atoms with Crippen molar-refractivity contribution in [3.8, 4) is 0 Å². The van der Waals surface area contributed by atoms with Crippen LogP contribution >= 0.6 is 11.6 Å². The Hall–Kier alpha value is -0.750. The van der Waals surface area contributed by atoms with Crippen molar-refractivity contribution in [2.75, 3.05) is 13.6 Å². The van der Waals surface area contributed by atoms with E-state index in [-0.39, 0.29) is 17.1 Å². The van der Waals surface area contributed by atoms with Crippen molar-refractivity contribution < 1.29 is 13.2 Å². The third-order valence-electron chi connectivity index (χ3n) is 1.96. The molecule has 1 rings (SSSR count). The van der Waals surface area contributed by atoms with Gasteiger partial charge >= 0.3 is 6.18 Å². The van der Waals surface area contributed by atoms with Crippen molar-refractivity contribution in [3.63, 3.8) is 0 Å². The predicted molar refractivity (Wildman–Crippen MR) is 50.9 cm³/mol. The summed E-state index contributed by atoms with van der Waals surface area (Å²) in [4.78, 5) is 0. The van der Waals surface area contributed by atoms with Crippen LogP contribution in [0.2, 0.25) is 5.15 Å². The van der Waals surface area contributed by atoms with Crippen LogP contribution in [-0.2, 0) is 19.6 Å². The summed E-state index contributed by atoms with van der Waals surface area (Å²) in [5.74, 6) is 0. The van der Waals surface area contributed by atoms with Gasteiger partial charge in [-0.25, -0.2) is 0 Å². The number of nitrogens with zero attached hydrogens (tertiary/aromatic N) is 2. The third kappa shape index (κ3) is 2.63. The van der Waals surface area contributed by atoms with Crippen LogP contribution in [0.15, 0.2) is 0 Å². The van der Waals surface area contributed by atoms with Crippen molar-refractivity contribution >= 4 is 11.6 Å². The minimum Gasteiger partial charge on any atom is -0.319 e. The monoisotopic (exact) mass is 241 g/mol. The van der Waals surface area contributed by atoms with E-state index in [2.05, 4.69) is 10.4 Å². The lowest BCUT2D eigenvalue weighted by Crippen LogP contribution is -2.14. The predicted octanol–water partition coefficient (Wildman–Crippen LogP) is 1.85. The second-order valence-electron chi connectivity index (χ2n) is 3.09. The quantitative estimate of drug-likeness (QED) is 0.875. The molecule has 0 saturated heterocycles. The largest absolute Gasteiger partial charge is 0.435 e. The molecular weight excluding hydrogens is 231 g/mol. The Balaban J connectivity index is 3.10. The lowest BCUT2D eigenvalue weighted by atomic mass is 10.2. The highest BCUT2D eigenvalue weighted by Crippen LogP contribution is 2.34. The van der Waals surface area contributed by atoms with E-state index in [1.807, 2.05) is 0 Å². The van der Waals surface area contributed by atoms with E-state index in [4.69, 9.17) is 11.6 Å². The highest BCUT2D eigenvalue weighted by atomic mass is 35.5. The molecule has 3 nitrogen and oxygen atoms in total. The van der Waals surface area contributed by atoms with Gasteiger partial charge in [0.25, 0.3) is 0 Å². The summed E-state index contributed by atoms with van der Waals surface area (Å²) in [6.45, 7) is 0.425. The molecule has 86 valence electrons. The average molecular weight is 242 g/mol. The Morgan fingerprint density at radius 3 is 2.53 bits per heavy atom.